The maximum absolute atomic E-state index is 11.2. The van der Waals surface area contributed by atoms with Gasteiger partial charge < -0.3 is 16.2 Å². The first-order valence-electron chi connectivity index (χ1n) is 4.36. The number of aliphatic hydroxyl groups excluding tert-OH is 1. The van der Waals surface area contributed by atoms with Crippen LogP contribution in [0.2, 0.25) is 0 Å². The van der Waals surface area contributed by atoms with Crippen molar-refractivity contribution >= 4 is 5.78 Å². The van der Waals surface area contributed by atoms with Gasteiger partial charge in [0.15, 0.2) is 5.78 Å². The lowest BCUT2D eigenvalue weighted by atomic mass is 10.0. The Kier molecular flexibility index (Phi) is 3.65. The Balaban J connectivity index is 2.25. The highest BCUT2D eigenvalue weighted by molar-refractivity contribution is 5.84. The van der Waals surface area contributed by atoms with E-state index in [0.29, 0.717) is 6.42 Å². The van der Waals surface area contributed by atoms with E-state index in [2.05, 4.69) is 5.32 Å². The third-order valence-electron chi connectivity index (χ3n) is 2.22. The molecule has 4 heteroatoms. The molecule has 0 aliphatic carbocycles. The molecule has 4 N–H and O–H groups in total. The normalized spacial score (nSPS) is 25.7. The first kappa shape index (κ1) is 9.64. The maximum atomic E-state index is 11.2. The summed E-state index contributed by atoms with van der Waals surface area (Å²) in [4.78, 5) is 11.2. The summed E-state index contributed by atoms with van der Waals surface area (Å²) in [5.41, 5.74) is 5.37. The minimum Gasteiger partial charge on any atom is -0.394 e. The van der Waals surface area contributed by atoms with Crippen molar-refractivity contribution in [2.24, 2.45) is 5.73 Å². The molecule has 0 amide bonds. The number of ketones is 1. The Morgan fingerprint density at radius 1 is 1.75 bits per heavy atom. The van der Waals surface area contributed by atoms with Gasteiger partial charge in [0, 0.05) is 12.5 Å². The third-order valence-corrected chi connectivity index (χ3v) is 2.22. The largest absolute Gasteiger partial charge is 0.394 e. The second kappa shape index (κ2) is 4.54. The molecule has 1 aliphatic rings. The van der Waals surface area contributed by atoms with E-state index in [4.69, 9.17) is 10.8 Å². The molecule has 4 nitrogen and oxygen atoms in total. The quantitative estimate of drug-likeness (QED) is 0.509. The number of hydrogen-bond acceptors (Lipinski definition) is 4. The third kappa shape index (κ3) is 2.55. The molecule has 0 aromatic rings. The Hall–Kier alpha value is -0.450. The van der Waals surface area contributed by atoms with Crippen LogP contribution in [0.15, 0.2) is 0 Å². The van der Waals surface area contributed by atoms with E-state index < -0.39 is 6.04 Å². The molecular formula is C8H16N2O2. The van der Waals surface area contributed by atoms with Gasteiger partial charge in [0.1, 0.15) is 0 Å². The molecular weight excluding hydrogens is 156 g/mol. The lowest BCUT2D eigenvalue weighted by Crippen LogP contribution is -2.37. The Morgan fingerprint density at radius 3 is 3.00 bits per heavy atom. The smallest absolute Gasteiger partial charge is 0.153 e. The van der Waals surface area contributed by atoms with Crippen LogP contribution in [0.5, 0.6) is 0 Å². The van der Waals surface area contributed by atoms with Gasteiger partial charge in [-0.15, -0.1) is 0 Å². The second-order valence-corrected chi connectivity index (χ2v) is 3.25. The molecule has 0 unspecified atom stereocenters. The van der Waals surface area contributed by atoms with Crippen LogP contribution in [0.3, 0.4) is 0 Å². The molecule has 1 fully saturated rings. The van der Waals surface area contributed by atoms with Gasteiger partial charge in [-0.1, -0.05) is 0 Å². The van der Waals surface area contributed by atoms with Crippen LogP contribution in [0, 0.1) is 0 Å². The fourth-order valence-corrected chi connectivity index (χ4v) is 1.43. The van der Waals surface area contributed by atoms with Crippen LogP contribution >= 0.6 is 0 Å². The van der Waals surface area contributed by atoms with E-state index in [-0.39, 0.29) is 18.4 Å². The minimum atomic E-state index is -0.688. The summed E-state index contributed by atoms with van der Waals surface area (Å²) < 4.78 is 0. The fourth-order valence-electron chi connectivity index (χ4n) is 1.43. The number of nitrogens with one attached hydrogen (secondary N) is 1. The molecule has 1 heterocycles. The number of Topliss-reactive ketones (excluding diaryl/α,β-unsaturated/α-hetero) is 1. The van der Waals surface area contributed by atoms with Crippen molar-refractivity contribution in [3.8, 4) is 0 Å². The van der Waals surface area contributed by atoms with Gasteiger partial charge in [-0.05, 0) is 19.4 Å². The van der Waals surface area contributed by atoms with Crippen molar-refractivity contribution in [2.45, 2.75) is 31.3 Å². The van der Waals surface area contributed by atoms with E-state index in [1.807, 2.05) is 0 Å². The summed E-state index contributed by atoms with van der Waals surface area (Å²) in [6, 6.07) is -0.400. The lowest BCUT2D eigenvalue weighted by molar-refractivity contribution is -0.121. The number of carbonyl (C=O) groups excluding carboxylic acids is 1. The van der Waals surface area contributed by atoms with Gasteiger partial charge in [-0.2, -0.15) is 0 Å². The van der Waals surface area contributed by atoms with Gasteiger partial charge in [0.25, 0.3) is 0 Å². The standard InChI is InChI=1S/C8H16N2O2/c9-7(5-11)8(12)4-6-2-1-3-10-6/h6-7,10-11H,1-5,9H2/t6-,7+/m1/s1. The van der Waals surface area contributed by atoms with Gasteiger partial charge >= 0.3 is 0 Å². The van der Waals surface area contributed by atoms with Gasteiger partial charge in [0.2, 0.25) is 0 Å². The first-order chi connectivity index (χ1) is 5.74. The van der Waals surface area contributed by atoms with Crippen molar-refractivity contribution in [3.05, 3.63) is 0 Å². The minimum absolute atomic E-state index is 0.0445. The van der Waals surface area contributed by atoms with Crippen molar-refractivity contribution < 1.29 is 9.90 Å². The maximum Gasteiger partial charge on any atom is 0.153 e. The summed E-state index contributed by atoms with van der Waals surface area (Å²) in [7, 11) is 0. The lowest BCUT2D eigenvalue weighted by Gasteiger charge is -2.11. The second-order valence-electron chi connectivity index (χ2n) is 3.25. The average Bonchev–Trinajstić information content (AvgIpc) is 2.55. The molecule has 0 saturated carbocycles. The van der Waals surface area contributed by atoms with E-state index in [1.165, 1.54) is 0 Å². The summed E-state index contributed by atoms with van der Waals surface area (Å²) in [6.45, 7) is 0.748. The molecule has 0 spiro atoms. The SMILES string of the molecule is N[C@@H](CO)C(=O)C[C@H]1CCCN1. The molecule has 1 aliphatic heterocycles. The molecule has 70 valence electrons. The van der Waals surface area contributed by atoms with Crippen LogP contribution in [-0.4, -0.2) is 36.1 Å². The molecule has 0 aromatic heterocycles. The number of rotatable bonds is 4. The van der Waals surface area contributed by atoms with E-state index in [9.17, 15) is 4.79 Å². The molecule has 1 saturated heterocycles. The zero-order chi connectivity index (χ0) is 8.97. The number of hydrogen-bond donors (Lipinski definition) is 3. The summed E-state index contributed by atoms with van der Waals surface area (Å²) in [5, 5.41) is 11.8. The van der Waals surface area contributed by atoms with Crippen molar-refractivity contribution in [1.82, 2.24) is 5.32 Å². The molecule has 1 rings (SSSR count). The van der Waals surface area contributed by atoms with Crippen LogP contribution in [0.4, 0.5) is 0 Å². The highest BCUT2D eigenvalue weighted by Gasteiger charge is 2.20. The highest BCUT2D eigenvalue weighted by Crippen LogP contribution is 2.09. The Labute approximate surface area is 72.1 Å². The molecule has 12 heavy (non-hydrogen) atoms. The van der Waals surface area contributed by atoms with Crippen molar-refractivity contribution in [3.63, 3.8) is 0 Å². The van der Waals surface area contributed by atoms with Gasteiger partial charge in [0.05, 0.1) is 12.6 Å². The van der Waals surface area contributed by atoms with Crippen LogP contribution in [0.1, 0.15) is 19.3 Å². The Bertz CT molecular complexity index is 155. The summed E-state index contributed by atoms with van der Waals surface area (Å²) in [6.07, 6.45) is 2.64. The van der Waals surface area contributed by atoms with Crippen LogP contribution in [0.25, 0.3) is 0 Å². The van der Waals surface area contributed by atoms with Crippen molar-refractivity contribution in [2.75, 3.05) is 13.2 Å². The molecule has 0 aromatic carbocycles. The van der Waals surface area contributed by atoms with E-state index in [1.54, 1.807) is 0 Å². The monoisotopic (exact) mass is 172 g/mol. The van der Waals surface area contributed by atoms with Crippen LogP contribution < -0.4 is 11.1 Å². The predicted octanol–water partition coefficient (Wildman–Crippen LogP) is -0.983. The predicted molar refractivity (Wildman–Crippen MR) is 45.7 cm³/mol. The first-order valence-corrected chi connectivity index (χ1v) is 4.36. The molecule has 0 radical (unpaired) electrons. The number of carbonyl (C=O) groups is 1. The average molecular weight is 172 g/mol. The zero-order valence-electron chi connectivity index (χ0n) is 7.12. The van der Waals surface area contributed by atoms with E-state index >= 15 is 0 Å². The summed E-state index contributed by atoms with van der Waals surface area (Å²) in [5.74, 6) is -0.0445. The molecule has 0 bridgehead atoms. The zero-order valence-corrected chi connectivity index (χ0v) is 7.12. The van der Waals surface area contributed by atoms with Crippen LogP contribution in [-0.2, 0) is 4.79 Å². The number of aliphatic hydroxyl groups is 1. The highest BCUT2D eigenvalue weighted by atomic mass is 16.3. The van der Waals surface area contributed by atoms with E-state index in [0.717, 1.165) is 19.4 Å². The van der Waals surface area contributed by atoms with Crippen molar-refractivity contribution in [1.29, 1.82) is 0 Å². The Morgan fingerprint density at radius 2 is 2.50 bits per heavy atom. The fraction of sp³-hybridized carbons (Fsp3) is 0.875. The van der Waals surface area contributed by atoms with Gasteiger partial charge in [-0.3, -0.25) is 4.79 Å². The van der Waals surface area contributed by atoms with Gasteiger partial charge in [-0.25, -0.2) is 0 Å². The topological polar surface area (TPSA) is 75.3 Å². The number of nitrogens with two attached hydrogens (primary N) is 1. The molecule has 2 atom stereocenters. The summed E-state index contributed by atoms with van der Waals surface area (Å²) >= 11 is 0.